The average molecular weight is 479 g/mol. The van der Waals surface area contributed by atoms with Crippen LogP contribution in [0.2, 0.25) is 0 Å². The molecule has 6 unspecified atom stereocenters. The summed E-state index contributed by atoms with van der Waals surface area (Å²) in [4.78, 5) is 0. The van der Waals surface area contributed by atoms with Crippen molar-refractivity contribution in [2.75, 3.05) is 27.4 Å². The Hall–Kier alpha value is -0.580. The van der Waals surface area contributed by atoms with Gasteiger partial charge in [-0.2, -0.15) is 0 Å². The molecule has 2 saturated carbocycles. The lowest BCUT2D eigenvalue weighted by Crippen LogP contribution is -2.38. The van der Waals surface area contributed by atoms with E-state index in [0.29, 0.717) is 42.1 Å². The summed E-state index contributed by atoms with van der Waals surface area (Å²) >= 11 is 0. The van der Waals surface area contributed by atoms with E-state index in [1.54, 1.807) is 14.2 Å². The highest BCUT2D eigenvalue weighted by atomic mass is 16.5. The van der Waals surface area contributed by atoms with Crippen molar-refractivity contribution in [1.82, 2.24) is 0 Å². The molecule has 0 saturated heterocycles. The van der Waals surface area contributed by atoms with Crippen molar-refractivity contribution < 1.29 is 19.7 Å². The molecule has 6 atom stereocenters. The van der Waals surface area contributed by atoms with Gasteiger partial charge in [0.05, 0.1) is 25.1 Å². The quantitative estimate of drug-likeness (QED) is 0.306. The summed E-state index contributed by atoms with van der Waals surface area (Å²) in [5.74, 6) is 2.96. The summed E-state index contributed by atoms with van der Waals surface area (Å²) in [6.45, 7) is 5.67. The van der Waals surface area contributed by atoms with Crippen LogP contribution in [0.25, 0.3) is 0 Å². The van der Waals surface area contributed by atoms with Gasteiger partial charge >= 0.3 is 0 Å². The molecule has 198 valence electrons. The van der Waals surface area contributed by atoms with Crippen LogP contribution in [-0.2, 0) is 9.47 Å². The number of methoxy groups -OCH3 is 2. The molecule has 0 aromatic rings. The number of aliphatic hydroxyl groups excluding tert-OH is 2. The minimum absolute atomic E-state index is 0.190. The van der Waals surface area contributed by atoms with E-state index in [0.717, 1.165) is 25.2 Å². The lowest BCUT2D eigenvalue weighted by atomic mass is 9.66. The van der Waals surface area contributed by atoms with E-state index in [1.165, 1.54) is 82.6 Å². The highest BCUT2D eigenvalue weighted by molar-refractivity contribution is 5.13. The van der Waals surface area contributed by atoms with Crippen LogP contribution in [0.3, 0.4) is 0 Å². The van der Waals surface area contributed by atoms with Gasteiger partial charge in [-0.15, -0.1) is 0 Å². The van der Waals surface area contributed by atoms with Gasteiger partial charge in [0.15, 0.2) is 0 Å². The summed E-state index contributed by atoms with van der Waals surface area (Å²) in [7, 11) is 3.51. The Morgan fingerprint density at radius 3 is 2.18 bits per heavy atom. The molecular weight excluding hydrogens is 424 g/mol. The smallest absolute Gasteiger partial charge is 0.0965 e. The average Bonchev–Trinajstić information content (AvgIpc) is 2.81. The monoisotopic (exact) mass is 478 g/mol. The highest BCUT2D eigenvalue weighted by Gasteiger charge is 2.36. The molecule has 0 bridgehead atoms. The van der Waals surface area contributed by atoms with E-state index in [9.17, 15) is 10.2 Å². The third-order valence-electron chi connectivity index (χ3n) is 9.75. The van der Waals surface area contributed by atoms with Gasteiger partial charge in [-0.05, 0) is 87.0 Å². The zero-order valence-electron chi connectivity index (χ0n) is 22.7. The second-order valence-electron chi connectivity index (χ2n) is 12.5. The second kappa shape index (κ2) is 13.7. The van der Waals surface area contributed by atoms with Gasteiger partial charge < -0.3 is 19.7 Å². The third-order valence-corrected chi connectivity index (χ3v) is 9.75. The van der Waals surface area contributed by atoms with Crippen molar-refractivity contribution in [3.63, 3.8) is 0 Å². The standard InChI is InChI=1S/C30H54O4/c1-22-16-24(18-26(20-33-3)28(22)31)10-8-14-30(12-6-5-7-13-30)15-9-11-25-17-23(2)29(32)27(19-25)21-34-4/h22,24-28,31-32H,5-21H2,1-4H3. The summed E-state index contributed by atoms with van der Waals surface area (Å²) in [6, 6.07) is 0. The van der Waals surface area contributed by atoms with Crippen molar-refractivity contribution in [2.45, 2.75) is 116 Å². The Morgan fingerprint density at radius 1 is 0.882 bits per heavy atom. The summed E-state index contributed by atoms with van der Waals surface area (Å²) in [6.07, 6.45) is 19.5. The molecule has 0 aromatic carbocycles. The van der Waals surface area contributed by atoms with E-state index in [-0.39, 0.29) is 12.0 Å². The van der Waals surface area contributed by atoms with Crippen LogP contribution < -0.4 is 0 Å². The van der Waals surface area contributed by atoms with E-state index in [1.807, 2.05) is 0 Å². The van der Waals surface area contributed by atoms with Gasteiger partial charge in [0.25, 0.3) is 0 Å². The predicted octanol–water partition coefficient (Wildman–Crippen LogP) is 7.45. The van der Waals surface area contributed by atoms with E-state index < -0.39 is 0 Å². The maximum Gasteiger partial charge on any atom is 0.0965 e. The molecule has 0 amide bonds. The zero-order chi connectivity index (χ0) is 24.6. The summed E-state index contributed by atoms with van der Waals surface area (Å²) in [5.41, 5.74) is 1.75. The van der Waals surface area contributed by atoms with Crippen molar-refractivity contribution in [3.05, 3.63) is 11.3 Å². The minimum atomic E-state index is -0.190. The molecular formula is C30H54O4. The third kappa shape index (κ3) is 7.71. The molecule has 0 aromatic heterocycles. The molecule has 34 heavy (non-hydrogen) atoms. The van der Waals surface area contributed by atoms with Gasteiger partial charge in [-0.3, -0.25) is 0 Å². The van der Waals surface area contributed by atoms with Gasteiger partial charge in [-0.1, -0.05) is 51.9 Å². The maximum absolute atomic E-state index is 10.5. The molecule has 0 spiro atoms. The predicted molar refractivity (Wildman–Crippen MR) is 140 cm³/mol. The maximum atomic E-state index is 10.5. The first-order valence-corrected chi connectivity index (χ1v) is 14.4. The van der Waals surface area contributed by atoms with Crippen LogP contribution >= 0.6 is 0 Å². The minimum Gasteiger partial charge on any atom is -0.512 e. The normalized spacial score (nSPS) is 34.4. The van der Waals surface area contributed by atoms with Crippen LogP contribution in [0.15, 0.2) is 11.3 Å². The Bertz CT molecular complexity index is 623. The van der Waals surface area contributed by atoms with Crippen LogP contribution in [-0.4, -0.2) is 43.8 Å². The Labute approximate surface area is 209 Å². The Kier molecular flexibility index (Phi) is 11.2. The molecule has 3 aliphatic carbocycles. The topological polar surface area (TPSA) is 58.9 Å². The van der Waals surface area contributed by atoms with Crippen LogP contribution in [0, 0.1) is 35.0 Å². The van der Waals surface area contributed by atoms with Crippen LogP contribution in [0.5, 0.6) is 0 Å². The number of hydrogen-bond donors (Lipinski definition) is 2. The van der Waals surface area contributed by atoms with Crippen LogP contribution in [0.1, 0.15) is 110 Å². The number of aliphatic hydroxyl groups is 2. The lowest BCUT2D eigenvalue weighted by Gasteiger charge is -2.40. The lowest BCUT2D eigenvalue weighted by molar-refractivity contribution is -0.0310. The van der Waals surface area contributed by atoms with Crippen molar-refractivity contribution in [2.24, 2.45) is 35.0 Å². The molecule has 3 rings (SSSR count). The first-order chi connectivity index (χ1) is 16.4. The van der Waals surface area contributed by atoms with E-state index >= 15 is 0 Å². The van der Waals surface area contributed by atoms with Gasteiger partial charge in [-0.25, -0.2) is 0 Å². The highest BCUT2D eigenvalue weighted by Crippen LogP contribution is 2.46. The molecule has 0 radical (unpaired) electrons. The molecule has 3 aliphatic rings. The first kappa shape index (κ1) is 28.0. The molecule has 0 aliphatic heterocycles. The fraction of sp³-hybridized carbons (Fsp3) is 0.933. The SMILES string of the molecule is COCC1CC(CCCC2(CCCC3CC(C)C(O)C(COC)C3)CCCCC2)CC(C)=C1O. The fourth-order valence-corrected chi connectivity index (χ4v) is 7.92. The Balaban J connectivity index is 1.47. The molecule has 2 N–H and O–H groups in total. The number of rotatable bonds is 12. The Morgan fingerprint density at radius 2 is 1.53 bits per heavy atom. The van der Waals surface area contributed by atoms with Crippen molar-refractivity contribution >= 4 is 0 Å². The molecule has 0 heterocycles. The van der Waals surface area contributed by atoms with Crippen molar-refractivity contribution in [1.29, 1.82) is 0 Å². The summed E-state index contributed by atoms with van der Waals surface area (Å²) < 4.78 is 10.8. The van der Waals surface area contributed by atoms with Gasteiger partial charge in [0.1, 0.15) is 0 Å². The largest absolute Gasteiger partial charge is 0.512 e. The van der Waals surface area contributed by atoms with Gasteiger partial charge in [0, 0.05) is 26.1 Å². The number of allylic oxidation sites excluding steroid dienone is 1. The first-order valence-electron chi connectivity index (χ1n) is 14.4. The molecule has 2 fully saturated rings. The van der Waals surface area contributed by atoms with E-state index in [2.05, 4.69) is 13.8 Å². The molecule has 4 nitrogen and oxygen atoms in total. The van der Waals surface area contributed by atoms with Gasteiger partial charge in [0.2, 0.25) is 0 Å². The zero-order valence-corrected chi connectivity index (χ0v) is 22.7. The fourth-order valence-electron chi connectivity index (χ4n) is 7.92. The second-order valence-corrected chi connectivity index (χ2v) is 12.5. The number of ether oxygens (including phenoxy) is 2. The van der Waals surface area contributed by atoms with Crippen molar-refractivity contribution in [3.8, 4) is 0 Å². The summed E-state index contributed by atoms with van der Waals surface area (Å²) in [5, 5.41) is 21.0. The van der Waals surface area contributed by atoms with E-state index in [4.69, 9.17) is 9.47 Å². The van der Waals surface area contributed by atoms with Crippen LogP contribution in [0.4, 0.5) is 0 Å². The molecule has 4 heteroatoms. The number of hydrogen-bond acceptors (Lipinski definition) is 4.